The molecular formula is C50H82NO8P. The van der Waals surface area contributed by atoms with Gasteiger partial charge in [-0.3, -0.25) is 18.6 Å². The van der Waals surface area contributed by atoms with Gasteiger partial charge in [0.05, 0.1) is 13.2 Å². The lowest BCUT2D eigenvalue weighted by molar-refractivity contribution is -0.161. The van der Waals surface area contributed by atoms with Crippen molar-refractivity contribution in [1.29, 1.82) is 0 Å². The third-order valence-corrected chi connectivity index (χ3v) is 9.88. The molecule has 0 aliphatic heterocycles. The van der Waals surface area contributed by atoms with Crippen molar-refractivity contribution in [2.45, 2.75) is 168 Å². The molecule has 340 valence electrons. The molecular weight excluding hydrogens is 774 g/mol. The summed E-state index contributed by atoms with van der Waals surface area (Å²) in [6.45, 7) is 3.50. The van der Waals surface area contributed by atoms with Crippen LogP contribution in [0.25, 0.3) is 0 Å². The number of esters is 2. The quantitative estimate of drug-likeness (QED) is 0.0267. The molecule has 0 fully saturated rings. The minimum absolute atomic E-state index is 0.0388. The first-order valence-electron chi connectivity index (χ1n) is 22.9. The van der Waals surface area contributed by atoms with E-state index < -0.39 is 32.5 Å². The Morgan fingerprint density at radius 2 is 0.917 bits per heavy atom. The molecule has 0 aromatic rings. The number of hydrogen-bond acceptors (Lipinski definition) is 8. The number of allylic oxidation sites excluding steroid dienone is 18. The molecule has 2 atom stereocenters. The van der Waals surface area contributed by atoms with Crippen molar-refractivity contribution < 1.29 is 37.6 Å². The van der Waals surface area contributed by atoms with Crippen LogP contribution in [0.4, 0.5) is 0 Å². The Morgan fingerprint density at radius 1 is 0.517 bits per heavy atom. The Bertz CT molecular complexity index is 1340. The summed E-state index contributed by atoms with van der Waals surface area (Å²) >= 11 is 0. The van der Waals surface area contributed by atoms with E-state index in [1.54, 1.807) is 0 Å². The lowest BCUT2D eigenvalue weighted by Gasteiger charge is -2.19. The average molecular weight is 856 g/mol. The Kier molecular flexibility index (Phi) is 42.7. The van der Waals surface area contributed by atoms with E-state index in [-0.39, 0.29) is 32.6 Å². The summed E-state index contributed by atoms with van der Waals surface area (Å²) in [5, 5.41) is 0. The number of carbonyl (C=O) groups excluding carboxylic acids is 2. The third kappa shape index (κ3) is 44.2. The van der Waals surface area contributed by atoms with Gasteiger partial charge in [-0.05, 0) is 103 Å². The molecule has 60 heavy (non-hydrogen) atoms. The zero-order valence-electron chi connectivity index (χ0n) is 37.4. The molecule has 0 spiro atoms. The largest absolute Gasteiger partial charge is 0.472 e. The zero-order valence-corrected chi connectivity index (χ0v) is 38.3. The molecule has 0 saturated heterocycles. The van der Waals surface area contributed by atoms with Crippen LogP contribution in [0.5, 0.6) is 0 Å². The zero-order chi connectivity index (χ0) is 43.9. The summed E-state index contributed by atoms with van der Waals surface area (Å²) in [6.07, 6.45) is 59.9. The maximum Gasteiger partial charge on any atom is 0.472 e. The predicted octanol–water partition coefficient (Wildman–Crippen LogP) is 13.6. The van der Waals surface area contributed by atoms with Crippen LogP contribution in [0.1, 0.15) is 162 Å². The fourth-order valence-electron chi connectivity index (χ4n) is 5.52. The highest BCUT2D eigenvalue weighted by atomic mass is 31.2. The van der Waals surface area contributed by atoms with Crippen molar-refractivity contribution in [3.8, 4) is 0 Å². The molecule has 3 N–H and O–H groups in total. The van der Waals surface area contributed by atoms with Gasteiger partial charge in [0.2, 0.25) is 0 Å². The van der Waals surface area contributed by atoms with E-state index in [0.29, 0.717) is 12.8 Å². The normalized spacial score (nSPS) is 14.3. The molecule has 9 nitrogen and oxygen atoms in total. The Labute approximate surface area is 365 Å². The lowest BCUT2D eigenvalue weighted by Crippen LogP contribution is -2.29. The summed E-state index contributed by atoms with van der Waals surface area (Å²) < 4.78 is 32.7. The topological polar surface area (TPSA) is 134 Å². The van der Waals surface area contributed by atoms with Gasteiger partial charge >= 0.3 is 19.8 Å². The fraction of sp³-hybridized carbons (Fsp3) is 0.600. The van der Waals surface area contributed by atoms with Gasteiger partial charge in [0.15, 0.2) is 6.10 Å². The highest BCUT2D eigenvalue weighted by Gasteiger charge is 2.26. The minimum Gasteiger partial charge on any atom is -0.462 e. The SMILES string of the molecule is CC/C=C\C/C=C\C/C=C\C/C=C\C/C=C\C/C=C\C/C=C\C/C=C\CCCCC(=O)OC(COC(=O)CCCCCCC/C=C\CCCCC)COP(=O)(O)OCCN. The second kappa shape index (κ2) is 45.2. The summed E-state index contributed by atoms with van der Waals surface area (Å²) in [7, 11) is -4.40. The van der Waals surface area contributed by atoms with Crippen LogP contribution in [-0.2, 0) is 32.7 Å². The van der Waals surface area contributed by atoms with Crippen molar-refractivity contribution in [3.05, 3.63) is 109 Å². The van der Waals surface area contributed by atoms with Gasteiger partial charge in [0, 0.05) is 19.4 Å². The van der Waals surface area contributed by atoms with Crippen molar-refractivity contribution in [1.82, 2.24) is 0 Å². The number of hydrogen-bond donors (Lipinski definition) is 2. The number of phosphoric ester groups is 1. The molecule has 0 aromatic heterocycles. The van der Waals surface area contributed by atoms with Gasteiger partial charge in [-0.25, -0.2) is 4.57 Å². The van der Waals surface area contributed by atoms with Crippen LogP contribution in [-0.4, -0.2) is 49.3 Å². The first-order valence-corrected chi connectivity index (χ1v) is 24.4. The summed E-state index contributed by atoms with van der Waals surface area (Å²) in [4.78, 5) is 34.9. The molecule has 0 rings (SSSR count). The number of rotatable bonds is 41. The van der Waals surface area contributed by atoms with Crippen molar-refractivity contribution in [2.24, 2.45) is 5.73 Å². The molecule has 0 aliphatic rings. The maximum absolute atomic E-state index is 12.6. The third-order valence-electron chi connectivity index (χ3n) is 8.89. The van der Waals surface area contributed by atoms with Crippen molar-refractivity contribution in [2.75, 3.05) is 26.4 Å². The van der Waals surface area contributed by atoms with Crippen molar-refractivity contribution >= 4 is 19.8 Å². The summed E-state index contributed by atoms with van der Waals surface area (Å²) in [5.41, 5.74) is 5.34. The molecule has 0 amide bonds. The van der Waals surface area contributed by atoms with Gasteiger partial charge in [-0.15, -0.1) is 0 Å². The minimum atomic E-state index is -4.40. The Hall–Kier alpha value is -3.33. The molecule has 0 aliphatic carbocycles. The Balaban J connectivity index is 4.23. The van der Waals surface area contributed by atoms with E-state index in [1.165, 1.54) is 19.3 Å². The molecule has 0 bridgehead atoms. The van der Waals surface area contributed by atoms with E-state index in [2.05, 4.69) is 123 Å². The monoisotopic (exact) mass is 856 g/mol. The van der Waals surface area contributed by atoms with E-state index in [1.807, 2.05) is 0 Å². The van der Waals surface area contributed by atoms with Crippen LogP contribution in [0.15, 0.2) is 109 Å². The van der Waals surface area contributed by atoms with E-state index in [0.717, 1.165) is 103 Å². The van der Waals surface area contributed by atoms with Gasteiger partial charge in [0.1, 0.15) is 6.61 Å². The second-order valence-corrected chi connectivity index (χ2v) is 16.0. The van der Waals surface area contributed by atoms with Crippen LogP contribution in [0.2, 0.25) is 0 Å². The first-order chi connectivity index (χ1) is 29.3. The van der Waals surface area contributed by atoms with Crippen LogP contribution < -0.4 is 5.73 Å². The summed E-state index contributed by atoms with van der Waals surface area (Å²) in [5.74, 6) is -0.902. The maximum atomic E-state index is 12.6. The highest BCUT2D eigenvalue weighted by molar-refractivity contribution is 7.47. The van der Waals surface area contributed by atoms with E-state index >= 15 is 0 Å². The van der Waals surface area contributed by atoms with Crippen molar-refractivity contribution in [3.63, 3.8) is 0 Å². The molecule has 0 heterocycles. The molecule has 0 radical (unpaired) electrons. The second-order valence-electron chi connectivity index (χ2n) is 14.5. The van der Waals surface area contributed by atoms with Crippen LogP contribution in [0.3, 0.4) is 0 Å². The standard InChI is InChI=1S/C50H82NO8P/c1-3-5-7-9-11-13-15-17-18-19-20-21-22-23-24-25-26-27-28-29-30-31-33-35-37-39-41-43-50(53)59-48(47-58-60(54,55)57-45-44-51)46-56-49(52)42-40-38-36-34-32-16-14-12-10-8-6-4-2/h5,7,11-14,17-18,20-21,23-24,26-27,29-30,33,35,48H,3-4,6,8-10,15-16,19,22,25,28,31-32,34,36-47,51H2,1-2H3,(H,54,55)/b7-5-,13-11-,14-12-,18-17-,21-20-,24-23-,27-26-,30-29-,35-33-. The summed E-state index contributed by atoms with van der Waals surface area (Å²) in [6, 6.07) is 0. The highest BCUT2D eigenvalue weighted by Crippen LogP contribution is 2.43. The number of unbranched alkanes of at least 4 members (excludes halogenated alkanes) is 10. The lowest BCUT2D eigenvalue weighted by atomic mass is 10.1. The molecule has 10 heteroatoms. The predicted molar refractivity (Wildman–Crippen MR) is 251 cm³/mol. The molecule has 2 unspecified atom stereocenters. The number of ether oxygens (including phenoxy) is 2. The average Bonchev–Trinajstić information content (AvgIpc) is 3.24. The molecule has 0 aromatic carbocycles. The van der Waals surface area contributed by atoms with Gasteiger partial charge in [-0.1, -0.05) is 155 Å². The smallest absolute Gasteiger partial charge is 0.462 e. The number of carbonyl (C=O) groups is 2. The van der Waals surface area contributed by atoms with E-state index in [9.17, 15) is 19.0 Å². The Morgan fingerprint density at radius 3 is 1.42 bits per heavy atom. The number of phosphoric acid groups is 1. The van der Waals surface area contributed by atoms with Gasteiger partial charge < -0.3 is 20.1 Å². The number of nitrogens with two attached hydrogens (primary N) is 1. The fourth-order valence-corrected chi connectivity index (χ4v) is 6.29. The van der Waals surface area contributed by atoms with Crippen LogP contribution in [0, 0.1) is 0 Å². The first kappa shape index (κ1) is 56.7. The van der Waals surface area contributed by atoms with Gasteiger partial charge in [-0.2, -0.15) is 0 Å². The van der Waals surface area contributed by atoms with Gasteiger partial charge in [0.25, 0.3) is 0 Å². The molecule has 0 saturated carbocycles. The van der Waals surface area contributed by atoms with Crippen LogP contribution >= 0.6 is 7.82 Å². The van der Waals surface area contributed by atoms with E-state index in [4.69, 9.17) is 24.3 Å².